The first-order valence-corrected chi connectivity index (χ1v) is 7.36. The van der Waals surface area contributed by atoms with Gasteiger partial charge in [0.05, 0.1) is 11.1 Å². The molecule has 1 aromatic rings. The summed E-state index contributed by atoms with van der Waals surface area (Å²) in [4.78, 5) is 0. The number of unbranched alkanes of at least 4 members (excludes halogenated alkanes) is 2. The third kappa shape index (κ3) is 4.94. The lowest BCUT2D eigenvalue weighted by atomic mass is 10.2. The molecule has 0 atom stereocenters. The Balaban J connectivity index is 1.55. The van der Waals surface area contributed by atoms with E-state index in [9.17, 15) is 4.39 Å². The van der Waals surface area contributed by atoms with Crippen LogP contribution in [0.4, 0.5) is 4.39 Å². The largest absolute Gasteiger partial charge is 0.492 e. The van der Waals surface area contributed by atoms with Crippen molar-refractivity contribution in [3.8, 4) is 5.75 Å². The molecular weight excluding hydrogens is 297 g/mol. The Bertz CT molecular complexity index is 382. The number of benzene rings is 1. The molecule has 0 aromatic heterocycles. The van der Waals surface area contributed by atoms with Crippen LogP contribution in [0.3, 0.4) is 0 Å². The molecular formula is C14H19BrFNO. The Kier molecular flexibility index (Phi) is 5.45. The lowest BCUT2D eigenvalue weighted by Gasteiger charge is -2.08. The smallest absolute Gasteiger partial charge is 0.136 e. The van der Waals surface area contributed by atoms with Crippen LogP contribution in [-0.4, -0.2) is 19.2 Å². The topological polar surface area (TPSA) is 21.3 Å². The summed E-state index contributed by atoms with van der Waals surface area (Å²) in [5.41, 5.74) is 0. The van der Waals surface area contributed by atoms with E-state index in [2.05, 4.69) is 21.2 Å². The van der Waals surface area contributed by atoms with Crippen molar-refractivity contribution in [2.45, 2.75) is 38.1 Å². The standard InChI is InChI=1S/C14H19BrFNO/c15-13-7-4-11(16)10-14(13)18-9-3-1-2-8-17-12-5-6-12/h4,7,10,12,17H,1-3,5-6,8-9H2. The Morgan fingerprint density at radius 1 is 1.28 bits per heavy atom. The summed E-state index contributed by atoms with van der Waals surface area (Å²) in [6, 6.07) is 5.30. The lowest BCUT2D eigenvalue weighted by Crippen LogP contribution is -2.17. The summed E-state index contributed by atoms with van der Waals surface area (Å²) in [5.74, 6) is 0.327. The molecule has 4 heteroatoms. The molecule has 2 nitrogen and oxygen atoms in total. The van der Waals surface area contributed by atoms with Crippen LogP contribution in [0.25, 0.3) is 0 Å². The zero-order chi connectivity index (χ0) is 12.8. The predicted octanol–water partition coefficient (Wildman–Crippen LogP) is 3.89. The van der Waals surface area contributed by atoms with Gasteiger partial charge in [0.1, 0.15) is 11.6 Å². The Morgan fingerprint density at radius 2 is 2.11 bits per heavy atom. The summed E-state index contributed by atoms with van der Waals surface area (Å²) >= 11 is 3.35. The number of ether oxygens (including phenoxy) is 1. The highest BCUT2D eigenvalue weighted by atomic mass is 79.9. The van der Waals surface area contributed by atoms with Crippen molar-refractivity contribution >= 4 is 15.9 Å². The van der Waals surface area contributed by atoms with Crippen molar-refractivity contribution in [2.75, 3.05) is 13.2 Å². The van der Waals surface area contributed by atoms with E-state index in [1.165, 1.54) is 31.4 Å². The average Bonchev–Trinajstić information content (AvgIpc) is 3.16. The number of halogens is 2. The average molecular weight is 316 g/mol. The third-order valence-corrected chi connectivity index (χ3v) is 3.64. The zero-order valence-electron chi connectivity index (χ0n) is 10.4. The summed E-state index contributed by atoms with van der Waals surface area (Å²) < 4.78 is 19.4. The molecule has 0 aliphatic heterocycles. The first kappa shape index (κ1) is 13.8. The molecule has 0 saturated heterocycles. The minimum Gasteiger partial charge on any atom is -0.492 e. The second-order valence-electron chi connectivity index (χ2n) is 4.71. The van der Waals surface area contributed by atoms with Crippen LogP contribution >= 0.6 is 15.9 Å². The van der Waals surface area contributed by atoms with E-state index in [-0.39, 0.29) is 5.82 Å². The van der Waals surface area contributed by atoms with Crippen LogP contribution < -0.4 is 10.1 Å². The Morgan fingerprint density at radius 3 is 2.89 bits per heavy atom. The van der Waals surface area contributed by atoms with Gasteiger partial charge in [0.15, 0.2) is 0 Å². The second kappa shape index (κ2) is 7.10. The van der Waals surface area contributed by atoms with Crippen LogP contribution in [0.5, 0.6) is 5.75 Å². The van der Waals surface area contributed by atoms with E-state index in [0.717, 1.165) is 29.9 Å². The van der Waals surface area contributed by atoms with E-state index in [0.29, 0.717) is 12.4 Å². The number of rotatable bonds is 8. The van der Waals surface area contributed by atoms with Crippen molar-refractivity contribution < 1.29 is 9.13 Å². The van der Waals surface area contributed by atoms with Crippen molar-refractivity contribution in [3.05, 3.63) is 28.5 Å². The molecule has 0 spiro atoms. The van der Waals surface area contributed by atoms with Crippen molar-refractivity contribution in [3.63, 3.8) is 0 Å². The van der Waals surface area contributed by atoms with Crippen molar-refractivity contribution in [1.82, 2.24) is 5.32 Å². The molecule has 1 fully saturated rings. The monoisotopic (exact) mass is 315 g/mol. The molecule has 2 rings (SSSR count). The fraction of sp³-hybridized carbons (Fsp3) is 0.571. The van der Waals surface area contributed by atoms with Gasteiger partial charge in [0.2, 0.25) is 0 Å². The maximum Gasteiger partial charge on any atom is 0.136 e. The summed E-state index contributed by atoms with van der Waals surface area (Å²) in [6.45, 7) is 1.75. The second-order valence-corrected chi connectivity index (χ2v) is 5.57. The Hall–Kier alpha value is -0.610. The van der Waals surface area contributed by atoms with Gasteiger partial charge in [0.25, 0.3) is 0 Å². The van der Waals surface area contributed by atoms with Crippen molar-refractivity contribution in [1.29, 1.82) is 0 Å². The number of hydrogen-bond donors (Lipinski definition) is 1. The van der Waals surface area contributed by atoms with Gasteiger partial charge in [0, 0.05) is 12.1 Å². The first-order chi connectivity index (χ1) is 8.75. The number of nitrogens with one attached hydrogen (secondary N) is 1. The van der Waals surface area contributed by atoms with Crippen LogP contribution in [0.15, 0.2) is 22.7 Å². The van der Waals surface area contributed by atoms with E-state index < -0.39 is 0 Å². The van der Waals surface area contributed by atoms with Gasteiger partial charge in [-0.05, 0) is 66.7 Å². The van der Waals surface area contributed by atoms with E-state index in [1.807, 2.05) is 0 Å². The first-order valence-electron chi connectivity index (χ1n) is 6.57. The molecule has 0 bridgehead atoms. The summed E-state index contributed by atoms with van der Waals surface area (Å²) in [5, 5.41) is 3.48. The zero-order valence-corrected chi connectivity index (χ0v) is 12.0. The third-order valence-electron chi connectivity index (χ3n) is 2.98. The predicted molar refractivity (Wildman–Crippen MR) is 74.5 cm³/mol. The summed E-state index contributed by atoms with van der Waals surface area (Å²) in [6.07, 6.45) is 6.03. The van der Waals surface area contributed by atoms with Crippen molar-refractivity contribution in [2.24, 2.45) is 0 Å². The molecule has 0 radical (unpaired) electrons. The molecule has 1 aliphatic rings. The molecule has 0 unspecified atom stereocenters. The van der Waals surface area contributed by atoms with Crippen LogP contribution in [0, 0.1) is 5.82 Å². The minimum atomic E-state index is -0.262. The van der Waals surface area contributed by atoms with E-state index >= 15 is 0 Å². The van der Waals surface area contributed by atoms with Gasteiger partial charge < -0.3 is 10.1 Å². The number of hydrogen-bond acceptors (Lipinski definition) is 2. The lowest BCUT2D eigenvalue weighted by molar-refractivity contribution is 0.301. The molecule has 0 heterocycles. The molecule has 1 aromatic carbocycles. The molecule has 1 saturated carbocycles. The van der Waals surface area contributed by atoms with Crippen LogP contribution in [0.1, 0.15) is 32.1 Å². The molecule has 18 heavy (non-hydrogen) atoms. The molecule has 100 valence electrons. The van der Waals surface area contributed by atoms with Gasteiger partial charge in [-0.3, -0.25) is 0 Å². The SMILES string of the molecule is Fc1ccc(Br)c(OCCCCCNC2CC2)c1. The molecule has 1 aliphatic carbocycles. The fourth-order valence-corrected chi connectivity index (χ4v) is 2.13. The highest BCUT2D eigenvalue weighted by Gasteiger charge is 2.19. The van der Waals surface area contributed by atoms with Gasteiger partial charge >= 0.3 is 0 Å². The van der Waals surface area contributed by atoms with Crippen LogP contribution in [-0.2, 0) is 0 Å². The fourth-order valence-electron chi connectivity index (χ4n) is 1.77. The Labute approximate surface area is 116 Å². The normalized spacial score (nSPS) is 14.8. The highest BCUT2D eigenvalue weighted by molar-refractivity contribution is 9.10. The summed E-state index contributed by atoms with van der Waals surface area (Å²) in [7, 11) is 0. The molecule has 0 amide bonds. The maximum absolute atomic E-state index is 13.0. The van der Waals surface area contributed by atoms with Gasteiger partial charge in [-0.2, -0.15) is 0 Å². The minimum absolute atomic E-state index is 0.262. The van der Waals surface area contributed by atoms with Gasteiger partial charge in [-0.15, -0.1) is 0 Å². The van der Waals surface area contributed by atoms with Gasteiger partial charge in [-0.25, -0.2) is 4.39 Å². The maximum atomic E-state index is 13.0. The molecule has 1 N–H and O–H groups in total. The highest BCUT2D eigenvalue weighted by Crippen LogP contribution is 2.25. The van der Waals surface area contributed by atoms with Gasteiger partial charge in [-0.1, -0.05) is 0 Å². The van der Waals surface area contributed by atoms with E-state index in [1.54, 1.807) is 6.07 Å². The quantitative estimate of drug-likeness (QED) is 0.735. The van der Waals surface area contributed by atoms with Crippen LogP contribution in [0.2, 0.25) is 0 Å². The van der Waals surface area contributed by atoms with E-state index in [4.69, 9.17) is 4.74 Å².